The molecule has 1 saturated heterocycles. The Kier molecular flexibility index (Phi) is 7.69. The monoisotopic (exact) mass is 432 g/mol. The lowest BCUT2D eigenvalue weighted by atomic mass is 10.0. The predicted molar refractivity (Wildman–Crippen MR) is 114 cm³/mol. The quantitative estimate of drug-likeness (QED) is 0.712. The Bertz CT molecular complexity index is 860. The molecule has 1 N–H and O–H groups in total. The Morgan fingerprint density at radius 3 is 2.50 bits per heavy atom. The van der Waals surface area contributed by atoms with Crippen LogP contribution in [0.4, 0.5) is 4.39 Å². The maximum absolute atomic E-state index is 14.0. The topological polar surface area (TPSA) is 58.6 Å². The second-order valence-corrected chi connectivity index (χ2v) is 7.82. The largest absolute Gasteiger partial charge is 0.484 e. The van der Waals surface area contributed by atoms with Gasteiger partial charge in [-0.15, -0.1) is 0 Å². The fraction of sp³-hybridized carbons (Fsp3) is 0.391. The van der Waals surface area contributed by atoms with Crippen molar-refractivity contribution in [2.45, 2.75) is 38.6 Å². The van der Waals surface area contributed by atoms with Gasteiger partial charge in [0.25, 0.3) is 11.8 Å². The number of halogens is 2. The molecule has 0 radical (unpaired) electrons. The van der Waals surface area contributed by atoms with Gasteiger partial charge >= 0.3 is 0 Å². The van der Waals surface area contributed by atoms with Gasteiger partial charge in [0.05, 0.1) is 10.6 Å². The number of nitrogens with one attached hydrogen (secondary N) is 1. The van der Waals surface area contributed by atoms with E-state index in [4.69, 9.17) is 16.3 Å². The van der Waals surface area contributed by atoms with Crippen molar-refractivity contribution >= 4 is 23.4 Å². The standard InChI is InChI=1S/C23H26ClFN2O3/c1-2-4-16-7-9-18(10-8-16)30-15-21(28)26-17-11-13-27(14-12-17)23(29)22-19(24)5-3-6-20(22)25/h3,5-10,17H,2,4,11-15H2,1H3,(H,26,28). The van der Waals surface area contributed by atoms with Crippen LogP contribution in [0.2, 0.25) is 5.02 Å². The third-order valence-electron chi connectivity index (χ3n) is 5.16. The summed E-state index contributed by atoms with van der Waals surface area (Å²) in [5.74, 6) is -0.581. The number of amides is 2. The van der Waals surface area contributed by atoms with E-state index in [0.717, 1.165) is 12.8 Å². The average molecular weight is 433 g/mol. The molecule has 0 aromatic heterocycles. The average Bonchev–Trinajstić information content (AvgIpc) is 2.74. The maximum atomic E-state index is 14.0. The van der Waals surface area contributed by atoms with Gasteiger partial charge in [0.2, 0.25) is 0 Å². The van der Waals surface area contributed by atoms with E-state index in [1.54, 1.807) is 4.90 Å². The molecule has 0 spiro atoms. The summed E-state index contributed by atoms with van der Waals surface area (Å²) < 4.78 is 19.5. The van der Waals surface area contributed by atoms with Crippen molar-refractivity contribution in [3.63, 3.8) is 0 Å². The summed E-state index contributed by atoms with van der Waals surface area (Å²) in [5.41, 5.74) is 1.15. The maximum Gasteiger partial charge on any atom is 0.258 e. The molecule has 160 valence electrons. The molecule has 30 heavy (non-hydrogen) atoms. The Morgan fingerprint density at radius 1 is 1.17 bits per heavy atom. The first-order chi connectivity index (χ1) is 14.5. The number of rotatable bonds is 7. The van der Waals surface area contributed by atoms with Crippen molar-refractivity contribution in [2.75, 3.05) is 19.7 Å². The molecule has 3 rings (SSSR count). The normalized spacial score (nSPS) is 14.4. The van der Waals surface area contributed by atoms with Gasteiger partial charge in [-0.25, -0.2) is 4.39 Å². The van der Waals surface area contributed by atoms with Crippen LogP contribution in [0.15, 0.2) is 42.5 Å². The number of benzene rings is 2. The summed E-state index contributed by atoms with van der Waals surface area (Å²) in [6.07, 6.45) is 3.29. The van der Waals surface area contributed by atoms with Crippen molar-refractivity contribution in [3.8, 4) is 5.75 Å². The molecule has 1 aliphatic rings. The lowest BCUT2D eigenvalue weighted by molar-refractivity contribution is -0.124. The van der Waals surface area contributed by atoms with E-state index in [9.17, 15) is 14.0 Å². The minimum Gasteiger partial charge on any atom is -0.484 e. The second-order valence-electron chi connectivity index (χ2n) is 7.41. The molecule has 1 fully saturated rings. The van der Waals surface area contributed by atoms with Crippen molar-refractivity contribution in [3.05, 3.63) is 64.4 Å². The Balaban J connectivity index is 1.44. The molecule has 7 heteroatoms. The van der Waals surface area contributed by atoms with Crippen molar-refractivity contribution in [1.82, 2.24) is 10.2 Å². The molecular formula is C23H26ClFN2O3. The molecular weight excluding hydrogens is 407 g/mol. The molecule has 2 amide bonds. The molecule has 0 aliphatic carbocycles. The summed E-state index contributed by atoms with van der Waals surface area (Å²) in [6.45, 7) is 2.92. The van der Waals surface area contributed by atoms with Gasteiger partial charge in [0.1, 0.15) is 11.6 Å². The number of carbonyl (C=O) groups excluding carboxylic acids is 2. The van der Waals surface area contributed by atoms with Gasteiger partial charge in [0.15, 0.2) is 6.61 Å². The minimum atomic E-state index is -0.622. The molecule has 5 nitrogen and oxygen atoms in total. The molecule has 2 aromatic rings. The van der Waals surface area contributed by atoms with Crippen molar-refractivity contribution in [1.29, 1.82) is 0 Å². The van der Waals surface area contributed by atoms with Gasteiger partial charge in [0, 0.05) is 19.1 Å². The Labute approximate surface area is 181 Å². The van der Waals surface area contributed by atoms with Crippen LogP contribution in [0.25, 0.3) is 0 Å². The zero-order chi connectivity index (χ0) is 21.5. The molecule has 1 aliphatic heterocycles. The van der Waals surface area contributed by atoms with E-state index < -0.39 is 11.7 Å². The molecule has 0 atom stereocenters. The third kappa shape index (κ3) is 5.72. The van der Waals surface area contributed by atoms with Gasteiger partial charge in [-0.2, -0.15) is 0 Å². The minimum absolute atomic E-state index is 0.0480. The van der Waals surface area contributed by atoms with E-state index in [0.29, 0.717) is 31.7 Å². The van der Waals surface area contributed by atoms with Crippen LogP contribution >= 0.6 is 11.6 Å². The number of aryl methyl sites for hydroxylation is 1. The van der Waals surface area contributed by atoms with Gasteiger partial charge in [-0.3, -0.25) is 9.59 Å². The number of nitrogens with zero attached hydrogens (tertiary/aromatic N) is 1. The third-order valence-corrected chi connectivity index (χ3v) is 5.47. The highest BCUT2D eigenvalue weighted by atomic mass is 35.5. The van der Waals surface area contributed by atoms with Crippen LogP contribution in [-0.2, 0) is 11.2 Å². The number of piperidine rings is 1. The first kappa shape index (κ1) is 22.1. The zero-order valence-corrected chi connectivity index (χ0v) is 17.8. The highest BCUT2D eigenvalue weighted by molar-refractivity contribution is 6.33. The number of hydrogen-bond donors (Lipinski definition) is 1. The van der Waals surface area contributed by atoms with Crippen LogP contribution in [0.1, 0.15) is 42.1 Å². The molecule has 0 bridgehead atoms. The molecule has 0 saturated carbocycles. The Morgan fingerprint density at radius 2 is 1.87 bits per heavy atom. The summed E-state index contributed by atoms with van der Waals surface area (Å²) in [6, 6.07) is 11.9. The van der Waals surface area contributed by atoms with Crippen molar-refractivity contribution in [2.24, 2.45) is 0 Å². The number of carbonyl (C=O) groups is 2. The Hall–Kier alpha value is -2.60. The fourth-order valence-electron chi connectivity index (χ4n) is 3.55. The van der Waals surface area contributed by atoms with Crippen LogP contribution in [0.3, 0.4) is 0 Å². The lowest BCUT2D eigenvalue weighted by Crippen LogP contribution is -2.47. The second kappa shape index (κ2) is 10.4. The van der Waals surface area contributed by atoms with E-state index in [1.165, 1.54) is 23.8 Å². The molecule has 2 aromatic carbocycles. The smallest absolute Gasteiger partial charge is 0.258 e. The SMILES string of the molecule is CCCc1ccc(OCC(=O)NC2CCN(C(=O)c3c(F)cccc3Cl)CC2)cc1. The van der Waals surface area contributed by atoms with Crippen LogP contribution < -0.4 is 10.1 Å². The van der Waals surface area contributed by atoms with Crippen LogP contribution in [0, 0.1) is 5.82 Å². The summed E-state index contributed by atoms with van der Waals surface area (Å²) in [7, 11) is 0. The summed E-state index contributed by atoms with van der Waals surface area (Å²) in [5, 5.41) is 3.05. The fourth-order valence-corrected chi connectivity index (χ4v) is 3.79. The van der Waals surface area contributed by atoms with E-state index >= 15 is 0 Å². The predicted octanol–water partition coefficient (Wildman–Crippen LogP) is 4.23. The van der Waals surface area contributed by atoms with Crippen LogP contribution in [-0.4, -0.2) is 42.5 Å². The zero-order valence-electron chi connectivity index (χ0n) is 17.0. The highest BCUT2D eigenvalue weighted by Crippen LogP contribution is 2.23. The molecule has 0 unspecified atom stereocenters. The van der Waals surface area contributed by atoms with Gasteiger partial charge in [-0.05, 0) is 49.1 Å². The molecule has 1 heterocycles. The first-order valence-corrected chi connectivity index (χ1v) is 10.6. The number of hydrogen-bond acceptors (Lipinski definition) is 3. The summed E-state index contributed by atoms with van der Waals surface area (Å²) in [4.78, 5) is 26.4. The van der Waals surface area contributed by atoms with Crippen molar-refractivity contribution < 1.29 is 18.7 Å². The number of likely N-dealkylation sites (tertiary alicyclic amines) is 1. The van der Waals surface area contributed by atoms with Gasteiger partial charge in [-0.1, -0.05) is 43.1 Å². The van der Waals surface area contributed by atoms with E-state index in [-0.39, 0.29) is 29.1 Å². The first-order valence-electron chi connectivity index (χ1n) is 10.2. The van der Waals surface area contributed by atoms with E-state index in [1.807, 2.05) is 24.3 Å². The van der Waals surface area contributed by atoms with Crippen LogP contribution in [0.5, 0.6) is 5.75 Å². The number of ether oxygens (including phenoxy) is 1. The lowest BCUT2D eigenvalue weighted by Gasteiger charge is -2.32. The van der Waals surface area contributed by atoms with E-state index in [2.05, 4.69) is 12.2 Å². The van der Waals surface area contributed by atoms with Gasteiger partial charge < -0.3 is 15.0 Å². The highest BCUT2D eigenvalue weighted by Gasteiger charge is 2.27. The summed E-state index contributed by atoms with van der Waals surface area (Å²) >= 11 is 5.99.